The molecule has 0 bridgehead atoms. The number of carbonyl (C=O) groups excluding carboxylic acids is 1. The van der Waals surface area contributed by atoms with Gasteiger partial charge in [0.1, 0.15) is 0 Å². The van der Waals surface area contributed by atoms with Crippen LogP contribution < -0.4 is 10.6 Å². The van der Waals surface area contributed by atoms with E-state index in [1.54, 1.807) is 24.3 Å². The molecule has 0 atom stereocenters. The van der Waals surface area contributed by atoms with Crippen LogP contribution in [0.1, 0.15) is 18.9 Å². The Morgan fingerprint density at radius 3 is 2.67 bits per heavy atom. The Labute approximate surface area is 106 Å². The van der Waals surface area contributed by atoms with Crippen LogP contribution in [0.4, 0.5) is 5.69 Å². The number of rotatable bonds is 7. The minimum Gasteiger partial charge on any atom is -0.481 e. The van der Waals surface area contributed by atoms with Crippen LogP contribution in [0.15, 0.2) is 24.3 Å². The number of carboxylic acid groups (broad SMARTS) is 1. The van der Waals surface area contributed by atoms with Crippen LogP contribution in [0.2, 0.25) is 0 Å². The number of para-hydroxylation sites is 1. The summed E-state index contributed by atoms with van der Waals surface area (Å²) >= 11 is 0. The van der Waals surface area contributed by atoms with E-state index in [-0.39, 0.29) is 12.3 Å². The molecule has 0 saturated heterocycles. The van der Waals surface area contributed by atoms with Gasteiger partial charge in [0.2, 0.25) is 5.91 Å². The average Bonchev–Trinajstić information content (AvgIpc) is 2.31. The van der Waals surface area contributed by atoms with E-state index in [1.165, 1.54) is 0 Å². The molecule has 0 spiro atoms. The van der Waals surface area contributed by atoms with Crippen LogP contribution in [0.25, 0.3) is 0 Å². The third-order valence-corrected chi connectivity index (χ3v) is 2.41. The van der Waals surface area contributed by atoms with E-state index in [0.29, 0.717) is 24.2 Å². The predicted octanol–water partition coefficient (Wildman–Crippen LogP) is 1.25. The standard InChI is InChI=1S/C13H18N2O3/c1-2-14-8-7-12(16)15-11-6-4-3-5-10(11)9-13(17)18/h3-6,14H,2,7-9H2,1H3,(H,15,16)(H,17,18). The second-order valence-corrected chi connectivity index (χ2v) is 3.88. The van der Waals surface area contributed by atoms with Gasteiger partial charge in [-0.1, -0.05) is 25.1 Å². The van der Waals surface area contributed by atoms with Crippen molar-refractivity contribution in [1.29, 1.82) is 0 Å². The second kappa shape index (κ2) is 7.45. The molecule has 98 valence electrons. The summed E-state index contributed by atoms with van der Waals surface area (Å²) in [7, 11) is 0. The first kappa shape index (κ1) is 14.2. The summed E-state index contributed by atoms with van der Waals surface area (Å²) in [6.07, 6.45) is 0.277. The van der Waals surface area contributed by atoms with E-state index >= 15 is 0 Å². The molecule has 1 rings (SSSR count). The highest BCUT2D eigenvalue weighted by molar-refractivity contribution is 5.92. The van der Waals surface area contributed by atoms with Gasteiger partial charge in [-0.25, -0.2) is 0 Å². The first-order chi connectivity index (χ1) is 8.63. The lowest BCUT2D eigenvalue weighted by molar-refractivity contribution is -0.136. The summed E-state index contributed by atoms with van der Waals surface area (Å²) in [6.45, 7) is 3.41. The largest absolute Gasteiger partial charge is 0.481 e. The third-order valence-electron chi connectivity index (χ3n) is 2.41. The molecular weight excluding hydrogens is 232 g/mol. The van der Waals surface area contributed by atoms with Gasteiger partial charge in [0.25, 0.3) is 0 Å². The molecule has 0 unspecified atom stereocenters. The summed E-state index contributed by atoms with van der Waals surface area (Å²) < 4.78 is 0. The zero-order chi connectivity index (χ0) is 13.4. The maximum Gasteiger partial charge on any atom is 0.307 e. The monoisotopic (exact) mass is 250 g/mol. The van der Waals surface area contributed by atoms with E-state index < -0.39 is 5.97 Å². The molecule has 0 radical (unpaired) electrons. The molecule has 0 fully saturated rings. The molecule has 5 heteroatoms. The second-order valence-electron chi connectivity index (χ2n) is 3.88. The van der Waals surface area contributed by atoms with Crippen LogP contribution in [-0.4, -0.2) is 30.1 Å². The molecule has 0 aliphatic carbocycles. The van der Waals surface area contributed by atoms with Crippen molar-refractivity contribution >= 4 is 17.6 Å². The Balaban J connectivity index is 2.60. The molecule has 18 heavy (non-hydrogen) atoms. The zero-order valence-corrected chi connectivity index (χ0v) is 10.4. The van der Waals surface area contributed by atoms with E-state index in [0.717, 1.165) is 6.54 Å². The molecule has 0 saturated carbocycles. The van der Waals surface area contributed by atoms with Crippen molar-refractivity contribution in [1.82, 2.24) is 5.32 Å². The number of carboxylic acids is 1. The third kappa shape index (κ3) is 4.97. The van der Waals surface area contributed by atoms with Crippen molar-refractivity contribution in [3.8, 4) is 0 Å². The number of amides is 1. The quantitative estimate of drug-likeness (QED) is 0.636. The molecule has 0 aliphatic heterocycles. The number of benzene rings is 1. The van der Waals surface area contributed by atoms with Crippen LogP contribution >= 0.6 is 0 Å². The molecule has 1 aromatic carbocycles. The Morgan fingerprint density at radius 2 is 2.00 bits per heavy atom. The van der Waals surface area contributed by atoms with Crippen molar-refractivity contribution in [2.24, 2.45) is 0 Å². The summed E-state index contributed by atoms with van der Waals surface area (Å²) in [5.74, 6) is -1.03. The number of anilines is 1. The highest BCUT2D eigenvalue weighted by Gasteiger charge is 2.08. The van der Waals surface area contributed by atoms with Crippen LogP contribution in [0, 0.1) is 0 Å². The van der Waals surface area contributed by atoms with Crippen molar-refractivity contribution < 1.29 is 14.7 Å². The van der Waals surface area contributed by atoms with E-state index in [9.17, 15) is 9.59 Å². The van der Waals surface area contributed by atoms with Crippen LogP contribution in [0.3, 0.4) is 0 Å². The Kier molecular flexibility index (Phi) is 5.87. The molecule has 1 aromatic rings. The Bertz CT molecular complexity index is 418. The van der Waals surface area contributed by atoms with Crippen LogP contribution in [0.5, 0.6) is 0 Å². The van der Waals surface area contributed by atoms with Crippen molar-refractivity contribution in [3.05, 3.63) is 29.8 Å². The number of carbonyl (C=O) groups is 2. The van der Waals surface area contributed by atoms with Crippen LogP contribution in [-0.2, 0) is 16.0 Å². The molecule has 0 heterocycles. The van der Waals surface area contributed by atoms with Gasteiger partial charge >= 0.3 is 5.97 Å². The lowest BCUT2D eigenvalue weighted by atomic mass is 10.1. The lowest BCUT2D eigenvalue weighted by Crippen LogP contribution is -2.22. The number of hydrogen-bond donors (Lipinski definition) is 3. The summed E-state index contributed by atoms with van der Waals surface area (Å²) in [5.41, 5.74) is 1.18. The number of hydrogen-bond acceptors (Lipinski definition) is 3. The van der Waals surface area contributed by atoms with Gasteiger partial charge in [-0.3, -0.25) is 9.59 Å². The summed E-state index contributed by atoms with van der Waals surface area (Å²) in [4.78, 5) is 22.3. The van der Waals surface area contributed by atoms with Gasteiger partial charge in [0.15, 0.2) is 0 Å². The molecule has 1 amide bonds. The normalized spacial score (nSPS) is 10.1. The van der Waals surface area contributed by atoms with E-state index in [1.807, 2.05) is 6.92 Å². The fourth-order valence-corrected chi connectivity index (χ4v) is 1.55. The molecule has 0 aliphatic rings. The highest BCUT2D eigenvalue weighted by Crippen LogP contribution is 2.15. The number of nitrogens with one attached hydrogen (secondary N) is 2. The van der Waals surface area contributed by atoms with Gasteiger partial charge in [-0.15, -0.1) is 0 Å². The van der Waals surface area contributed by atoms with E-state index in [2.05, 4.69) is 10.6 Å². The topological polar surface area (TPSA) is 78.4 Å². The SMILES string of the molecule is CCNCCC(=O)Nc1ccccc1CC(=O)O. The maximum absolute atomic E-state index is 11.6. The molecule has 5 nitrogen and oxygen atoms in total. The fourth-order valence-electron chi connectivity index (χ4n) is 1.55. The maximum atomic E-state index is 11.6. The van der Waals surface area contributed by atoms with E-state index in [4.69, 9.17) is 5.11 Å². The van der Waals surface area contributed by atoms with Gasteiger partial charge in [0.05, 0.1) is 6.42 Å². The Morgan fingerprint density at radius 1 is 1.28 bits per heavy atom. The zero-order valence-electron chi connectivity index (χ0n) is 10.4. The highest BCUT2D eigenvalue weighted by atomic mass is 16.4. The van der Waals surface area contributed by atoms with Crippen molar-refractivity contribution in [2.75, 3.05) is 18.4 Å². The summed E-state index contributed by atoms with van der Waals surface area (Å²) in [6, 6.07) is 6.94. The van der Waals surface area contributed by atoms with Gasteiger partial charge in [-0.05, 0) is 18.2 Å². The van der Waals surface area contributed by atoms with Gasteiger partial charge < -0.3 is 15.7 Å². The average molecular weight is 250 g/mol. The number of aliphatic carboxylic acids is 1. The van der Waals surface area contributed by atoms with Gasteiger partial charge in [0, 0.05) is 18.7 Å². The van der Waals surface area contributed by atoms with Gasteiger partial charge in [-0.2, -0.15) is 0 Å². The fraction of sp³-hybridized carbons (Fsp3) is 0.385. The molecular formula is C13H18N2O3. The molecule has 3 N–H and O–H groups in total. The smallest absolute Gasteiger partial charge is 0.307 e. The first-order valence-electron chi connectivity index (χ1n) is 5.93. The molecule has 0 aromatic heterocycles. The minimum absolute atomic E-state index is 0.0936. The van der Waals surface area contributed by atoms with Crippen molar-refractivity contribution in [3.63, 3.8) is 0 Å². The minimum atomic E-state index is -0.913. The summed E-state index contributed by atoms with van der Waals surface area (Å²) in [5, 5.41) is 14.6. The predicted molar refractivity (Wildman–Crippen MR) is 69.6 cm³/mol. The first-order valence-corrected chi connectivity index (χ1v) is 5.93. The lowest BCUT2D eigenvalue weighted by Gasteiger charge is -2.09. The van der Waals surface area contributed by atoms with Crippen molar-refractivity contribution in [2.45, 2.75) is 19.8 Å². The Hall–Kier alpha value is -1.88.